The fourth-order valence-electron chi connectivity index (χ4n) is 2.06. The molecule has 0 unspecified atom stereocenters. The number of hydrogen-bond donors (Lipinski definition) is 1. The van der Waals surface area contributed by atoms with Gasteiger partial charge in [-0.25, -0.2) is 0 Å². The van der Waals surface area contributed by atoms with Crippen LogP contribution in [0.5, 0.6) is 5.75 Å². The second-order valence-corrected chi connectivity index (χ2v) is 6.05. The van der Waals surface area contributed by atoms with Crippen LogP contribution in [0, 0.1) is 0 Å². The van der Waals surface area contributed by atoms with Gasteiger partial charge in [-0.1, -0.05) is 36.4 Å². The van der Waals surface area contributed by atoms with E-state index in [0.29, 0.717) is 6.61 Å². The van der Waals surface area contributed by atoms with E-state index in [-0.39, 0.29) is 12.4 Å². The van der Waals surface area contributed by atoms with Crippen molar-refractivity contribution in [3.8, 4) is 5.75 Å². The largest absolute Gasteiger partial charge is 0.488 e. The summed E-state index contributed by atoms with van der Waals surface area (Å²) in [5.41, 5.74) is 2.47. The van der Waals surface area contributed by atoms with Crippen LogP contribution < -0.4 is 10.1 Å². The minimum atomic E-state index is 0. The van der Waals surface area contributed by atoms with Crippen molar-refractivity contribution in [3.63, 3.8) is 0 Å². The average Bonchev–Trinajstić information content (AvgIpc) is 3.29. The van der Waals surface area contributed by atoms with Crippen LogP contribution in [0.3, 0.4) is 0 Å². The molecular weight excluding hydrogens is 350 g/mol. The zero-order valence-electron chi connectivity index (χ0n) is 11.7. The summed E-state index contributed by atoms with van der Waals surface area (Å²) in [5.74, 6) is 0.893. The van der Waals surface area contributed by atoms with E-state index in [9.17, 15) is 0 Å². The molecule has 3 rings (SSSR count). The molecule has 0 spiro atoms. The Balaban J connectivity index is 0.00000161. The molecule has 2 aromatic carbocycles. The molecule has 0 saturated heterocycles. The van der Waals surface area contributed by atoms with Crippen molar-refractivity contribution < 1.29 is 4.74 Å². The summed E-state index contributed by atoms with van der Waals surface area (Å²) in [6, 6.07) is 17.3. The number of halogens is 2. The first-order valence-electron chi connectivity index (χ1n) is 7.00. The highest BCUT2D eigenvalue weighted by Crippen LogP contribution is 2.27. The molecular formula is C17H19BrClNO. The van der Waals surface area contributed by atoms with Gasteiger partial charge in [0, 0.05) is 12.6 Å². The lowest BCUT2D eigenvalue weighted by molar-refractivity contribution is 0.304. The van der Waals surface area contributed by atoms with Crippen LogP contribution in [0.4, 0.5) is 0 Å². The molecule has 1 fully saturated rings. The van der Waals surface area contributed by atoms with E-state index in [1.807, 2.05) is 24.3 Å². The van der Waals surface area contributed by atoms with Crippen molar-refractivity contribution in [1.29, 1.82) is 0 Å². The third kappa shape index (κ3) is 5.03. The fraction of sp³-hybridized carbons (Fsp3) is 0.294. The molecule has 21 heavy (non-hydrogen) atoms. The lowest BCUT2D eigenvalue weighted by Gasteiger charge is -2.10. The Morgan fingerprint density at radius 2 is 1.81 bits per heavy atom. The summed E-state index contributed by atoms with van der Waals surface area (Å²) in [6.07, 6.45) is 2.64. The van der Waals surface area contributed by atoms with Crippen LogP contribution in [0.2, 0.25) is 0 Å². The number of ether oxygens (including phenoxy) is 1. The van der Waals surface area contributed by atoms with Crippen LogP contribution >= 0.6 is 28.3 Å². The standard InChI is InChI=1S/C17H18BrNO.ClH/c18-16-10-14(11-19-15-7-8-15)6-9-17(16)20-12-13-4-2-1-3-5-13;/h1-6,9-10,15,19H,7-8,11-12H2;1H. The van der Waals surface area contributed by atoms with Gasteiger partial charge in [0.05, 0.1) is 4.47 Å². The summed E-state index contributed by atoms with van der Waals surface area (Å²) < 4.78 is 6.87. The van der Waals surface area contributed by atoms with E-state index in [1.54, 1.807) is 0 Å². The molecule has 2 nitrogen and oxygen atoms in total. The molecule has 0 radical (unpaired) electrons. The van der Waals surface area contributed by atoms with Crippen molar-refractivity contribution in [3.05, 3.63) is 64.1 Å². The molecule has 0 bridgehead atoms. The predicted molar refractivity (Wildman–Crippen MR) is 92.0 cm³/mol. The first-order valence-corrected chi connectivity index (χ1v) is 7.79. The van der Waals surface area contributed by atoms with E-state index in [0.717, 1.165) is 22.8 Å². The number of nitrogens with one attached hydrogen (secondary N) is 1. The molecule has 0 aromatic heterocycles. The van der Waals surface area contributed by atoms with Gasteiger partial charge in [-0.3, -0.25) is 0 Å². The molecule has 4 heteroatoms. The number of hydrogen-bond acceptors (Lipinski definition) is 2. The minimum absolute atomic E-state index is 0. The van der Waals surface area contributed by atoms with Gasteiger partial charge in [0.25, 0.3) is 0 Å². The Labute approximate surface area is 140 Å². The average molecular weight is 369 g/mol. The van der Waals surface area contributed by atoms with Crippen LogP contribution in [0.1, 0.15) is 24.0 Å². The minimum Gasteiger partial charge on any atom is -0.488 e. The summed E-state index contributed by atoms with van der Waals surface area (Å²) >= 11 is 3.59. The lowest BCUT2D eigenvalue weighted by atomic mass is 10.2. The Morgan fingerprint density at radius 1 is 1.05 bits per heavy atom. The van der Waals surface area contributed by atoms with Crippen LogP contribution in [0.15, 0.2) is 53.0 Å². The van der Waals surface area contributed by atoms with Gasteiger partial charge >= 0.3 is 0 Å². The second-order valence-electron chi connectivity index (χ2n) is 5.19. The quantitative estimate of drug-likeness (QED) is 0.798. The third-order valence-corrected chi connectivity index (χ3v) is 4.03. The summed E-state index contributed by atoms with van der Waals surface area (Å²) in [4.78, 5) is 0. The maximum atomic E-state index is 5.85. The van der Waals surface area contributed by atoms with E-state index >= 15 is 0 Å². The number of rotatable bonds is 6. The van der Waals surface area contributed by atoms with Crippen molar-refractivity contribution in [2.45, 2.75) is 32.0 Å². The van der Waals surface area contributed by atoms with Crippen molar-refractivity contribution in [1.82, 2.24) is 5.32 Å². The molecule has 1 aliphatic carbocycles. The second kappa shape index (κ2) is 7.83. The Bertz CT molecular complexity index is 572. The Morgan fingerprint density at radius 3 is 2.48 bits per heavy atom. The van der Waals surface area contributed by atoms with Gasteiger partial charge in [-0.2, -0.15) is 0 Å². The van der Waals surface area contributed by atoms with E-state index in [1.165, 1.54) is 24.0 Å². The molecule has 0 heterocycles. The highest BCUT2D eigenvalue weighted by molar-refractivity contribution is 9.10. The van der Waals surface area contributed by atoms with E-state index in [2.05, 4.69) is 45.5 Å². The monoisotopic (exact) mass is 367 g/mol. The summed E-state index contributed by atoms with van der Waals surface area (Å²) in [6.45, 7) is 1.53. The van der Waals surface area contributed by atoms with Crippen LogP contribution in [0.25, 0.3) is 0 Å². The summed E-state index contributed by atoms with van der Waals surface area (Å²) in [5, 5.41) is 3.52. The molecule has 112 valence electrons. The first kappa shape index (κ1) is 16.3. The highest BCUT2D eigenvalue weighted by Gasteiger charge is 2.19. The van der Waals surface area contributed by atoms with Crippen LogP contribution in [-0.2, 0) is 13.2 Å². The topological polar surface area (TPSA) is 21.3 Å². The van der Waals surface area contributed by atoms with Crippen molar-refractivity contribution in [2.24, 2.45) is 0 Å². The summed E-state index contributed by atoms with van der Waals surface area (Å²) in [7, 11) is 0. The molecule has 0 atom stereocenters. The van der Waals surface area contributed by atoms with Gasteiger partial charge in [0.2, 0.25) is 0 Å². The highest BCUT2D eigenvalue weighted by atomic mass is 79.9. The smallest absolute Gasteiger partial charge is 0.134 e. The third-order valence-electron chi connectivity index (χ3n) is 3.41. The Hall–Kier alpha value is -1.03. The van der Waals surface area contributed by atoms with Gasteiger partial charge in [-0.05, 0) is 52.0 Å². The van der Waals surface area contributed by atoms with Crippen molar-refractivity contribution >= 4 is 28.3 Å². The SMILES string of the molecule is Brc1cc(CNC2CC2)ccc1OCc1ccccc1.Cl. The van der Waals surface area contributed by atoms with Gasteiger partial charge in [0.15, 0.2) is 0 Å². The molecule has 2 aromatic rings. The van der Waals surface area contributed by atoms with E-state index in [4.69, 9.17) is 4.74 Å². The molecule has 1 aliphatic rings. The maximum absolute atomic E-state index is 5.85. The van der Waals surface area contributed by atoms with Gasteiger partial charge < -0.3 is 10.1 Å². The van der Waals surface area contributed by atoms with E-state index < -0.39 is 0 Å². The first-order chi connectivity index (χ1) is 9.81. The van der Waals surface area contributed by atoms with Gasteiger partial charge in [0.1, 0.15) is 12.4 Å². The zero-order valence-corrected chi connectivity index (χ0v) is 14.1. The van der Waals surface area contributed by atoms with Gasteiger partial charge in [-0.15, -0.1) is 12.4 Å². The maximum Gasteiger partial charge on any atom is 0.134 e. The number of benzene rings is 2. The van der Waals surface area contributed by atoms with Crippen LogP contribution in [-0.4, -0.2) is 6.04 Å². The fourth-order valence-corrected chi connectivity index (χ4v) is 2.60. The Kier molecular flexibility index (Phi) is 6.09. The predicted octanol–water partition coefficient (Wildman–Crippen LogP) is 4.70. The molecule has 1 N–H and O–H groups in total. The molecule has 1 saturated carbocycles. The molecule has 0 amide bonds. The lowest BCUT2D eigenvalue weighted by Crippen LogP contribution is -2.15. The zero-order chi connectivity index (χ0) is 13.8. The molecule has 0 aliphatic heterocycles. The normalized spacial score (nSPS) is 13.6. The van der Waals surface area contributed by atoms with Crippen molar-refractivity contribution in [2.75, 3.05) is 0 Å².